The van der Waals surface area contributed by atoms with Crippen LogP contribution in [-0.4, -0.2) is 32.4 Å². The number of methoxy groups -OCH3 is 1. The van der Waals surface area contributed by atoms with Crippen molar-refractivity contribution in [3.05, 3.63) is 64.6 Å². The molecule has 0 spiro atoms. The fraction of sp³-hybridized carbons (Fsp3) is 0.320. The van der Waals surface area contributed by atoms with Crippen molar-refractivity contribution in [3.8, 4) is 17.0 Å². The number of carbonyl (C=O) groups is 1. The minimum atomic E-state index is -0.308. The Hall–Kier alpha value is -3.32. The van der Waals surface area contributed by atoms with Gasteiger partial charge in [0, 0.05) is 36.3 Å². The molecule has 0 unspecified atom stereocenters. The fourth-order valence-corrected chi connectivity index (χ4v) is 4.51. The standard InChI is InChI=1S/C25H25ClN4O3/c1-29-18(13-20(28-29)19-8-7-17(26)12-23(19)32-2)14-25(31)33-15-16-6-9-22-21(11-16)27-24-5-3-4-10-30(22)24/h6-9,11-13H,3-5,10,14-15H2,1-2H3. The molecule has 33 heavy (non-hydrogen) atoms. The lowest BCUT2D eigenvalue weighted by atomic mass is 10.1. The molecule has 1 aliphatic rings. The van der Waals surface area contributed by atoms with Crippen LogP contribution in [0.4, 0.5) is 0 Å². The highest BCUT2D eigenvalue weighted by molar-refractivity contribution is 6.30. The molecule has 0 radical (unpaired) electrons. The summed E-state index contributed by atoms with van der Waals surface area (Å²) in [5, 5.41) is 5.12. The monoisotopic (exact) mass is 464 g/mol. The molecule has 0 saturated heterocycles. The number of fused-ring (bicyclic) bond motifs is 3. The van der Waals surface area contributed by atoms with Crippen LogP contribution >= 0.6 is 11.6 Å². The zero-order chi connectivity index (χ0) is 22.9. The molecule has 170 valence electrons. The van der Waals surface area contributed by atoms with E-state index in [0.29, 0.717) is 16.5 Å². The smallest absolute Gasteiger partial charge is 0.312 e. The van der Waals surface area contributed by atoms with Gasteiger partial charge in [0.2, 0.25) is 0 Å². The van der Waals surface area contributed by atoms with E-state index in [2.05, 4.69) is 15.7 Å². The van der Waals surface area contributed by atoms with E-state index in [1.807, 2.05) is 31.3 Å². The lowest BCUT2D eigenvalue weighted by molar-refractivity contribution is -0.144. The average molecular weight is 465 g/mol. The van der Waals surface area contributed by atoms with Gasteiger partial charge in [-0.1, -0.05) is 17.7 Å². The first-order chi connectivity index (χ1) is 16.0. The zero-order valence-electron chi connectivity index (χ0n) is 18.7. The lowest BCUT2D eigenvalue weighted by Crippen LogP contribution is -2.11. The second-order valence-corrected chi connectivity index (χ2v) is 8.72. The van der Waals surface area contributed by atoms with Crippen LogP contribution in [0, 0.1) is 0 Å². The first-order valence-electron chi connectivity index (χ1n) is 11.0. The van der Waals surface area contributed by atoms with Gasteiger partial charge in [0.15, 0.2) is 0 Å². The van der Waals surface area contributed by atoms with E-state index in [0.717, 1.165) is 46.6 Å². The van der Waals surface area contributed by atoms with Gasteiger partial charge in [0.05, 0.1) is 30.3 Å². The van der Waals surface area contributed by atoms with Gasteiger partial charge < -0.3 is 14.0 Å². The number of esters is 1. The van der Waals surface area contributed by atoms with Crippen molar-refractivity contribution in [1.82, 2.24) is 19.3 Å². The Labute approximate surface area is 196 Å². The van der Waals surface area contributed by atoms with Crippen LogP contribution in [0.1, 0.15) is 29.9 Å². The predicted molar refractivity (Wildman–Crippen MR) is 126 cm³/mol. The molecule has 0 N–H and O–H groups in total. The molecular weight excluding hydrogens is 440 g/mol. The summed E-state index contributed by atoms with van der Waals surface area (Å²) >= 11 is 6.06. The Bertz CT molecular complexity index is 1340. The molecule has 5 rings (SSSR count). The van der Waals surface area contributed by atoms with Crippen molar-refractivity contribution in [2.75, 3.05) is 7.11 Å². The normalized spacial score (nSPS) is 13.2. The molecule has 0 aliphatic carbocycles. The summed E-state index contributed by atoms with van der Waals surface area (Å²) in [7, 11) is 3.40. The van der Waals surface area contributed by atoms with E-state index in [4.69, 9.17) is 26.1 Å². The molecule has 0 saturated carbocycles. The number of hydrogen-bond donors (Lipinski definition) is 0. The van der Waals surface area contributed by atoms with Gasteiger partial charge in [-0.15, -0.1) is 0 Å². The van der Waals surface area contributed by atoms with Gasteiger partial charge in [-0.2, -0.15) is 5.10 Å². The summed E-state index contributed by atoms with van der Waals surface area (Å²) in [5.41, 5.74) is 5.33. The number of nitrogens with zero attached hydrogens (tertiary/aromatic N) is 4. The highest BCUT2D eigenvalue weighted by Gasteiger charge is 2.17. The minimum Gasteiger partial charge on any atom is -0.496 e. The highest BCUT2D eigenvalue weighted by Crippen LogP contribution is 2.32. The van der Waals surface area contributed by atoms with E-state index >= 15 is 0 Å². The topological polar surface area (TPSA) is 71.2 Å². The molecular formula is C25H25ClN4O3. The minimum absolute atomic E-state index is 0.125. The highest BCUT2D eigenvalue weighted by atomic mass is 35.5. The van der Waals surface area contributed by atoms with Crippen molar-refractivity contribution in [2.45, 2.75) is 38.8 Å². The molecule has 0 bridgehead atoms. The Kier molecular flexibility index (Phi) is 5.81. The lowest BCUT2D eigenvalue weighted by Gasteiger charge is -2.13. The Morgan fingerprint density at radius 3 is 2.88 bits per heavy atom. The maximum absolute atomic E-state index is 12.5. The Morgan fingerprint density at radius 2 is 2.03 bits per heavy atom. The number of imidazole rings is 1. The molecule has 4 aromatic rings. The second kappa shape index (κ2) is 8.90. The average Bonchev–Trinajstić information content (AvgIpc) is 3.37. The molecule has 8 heteroatoms. The van der Waals surface area contributed by atoms with Crippen LogP contribution in [0.3, 0.4) is 0 Å². The largest absolute Gasteiger partial charge is 0.496 e. The first-order valence-corrected chi connectivity index (χ1v) is 11.4. The third kappa shape index (κ3) is 4.33. The van der Waals surface area contributed by atoms with Crippen LogP contribution in [0.5, 0.6) is 5.75 Å². The SMILES string of the molecule is COc1cc(Cl)ccc1-c1cc(CC(=O)OCc2ccc3c(c2)nc2n3CCCC2)n(C)n1. The van der Waals surface area contributed by atoms with Crippen LogP contribution < -0.4 is 4.74 Å². The van der Waals surface area contributed by atoms with Crippen molar-refractivity contribution < 1.29 is 14.3 Å². The third-order valence-electron chi connectivity index (χ3n) is 6.07. The van der Waals surface area contributed by atoms with E-state index in [1.165, 1.54) is 12.8 Å². The molecule has 7 nitrogen and oxygen atoms in total. The number of hydrogen-bond acceptors (Lipinski definition) is 5. The summed E-state index contributed by atoms with van der Waals surface area (Å²) in [6, 6.07) is 13.4. The number of halogens is 1. The molecule has 2 aromatic heterocycles. The summed E-state index contributed by atoms with van der Waals surface area (Å²) in [5.74, 6) is 1.47. The molecule has 2 aromatic carbocycles. The number of benzene rings is 2. The quantitative estimate of drug-likeness (QED) is 0.386. The molecule has 0 atom stereocenters. The van der Waals surface area contributed by atoms with E-state index in [-0.39, 0.29) is 19.0 Å². The summed E-state index contributed by atoms with van der Waals surface area (Å²) in [4.78, 5) is 17.3. The third-order valence-corrected chi connectivity index (χ3v) is 6.30. The van der Waals surface area contributed by atoms with Crippen molar-refractivity contribution >= 4 is 28.6 Å². The predicted octanol–water partition coefficient (Wildman–Crippen LogP) is 4.72. The van der Waals surface area contributed by atoms with Gasteiger partial charge in [-0.25, -0.2) is 4.98 Å². The molecule has 1 aliphatic heterocycles. The maximum Gasteiger partial charge on any atom is 0.312 e. The number of rotatable bonds is 6. The number of aryl methyl sites for hydroxylation is 3. The second-order valence-electron chi connectivity index (χ2n) is 8.29. The van der Waals surface area contributed by atoms with Crippen molar-refractivity contribution in [3.63, 3.8) is 0 Å². The van der Waals surface area contributed by atoms with Crippen molar-refractivity contribution in [2.24, 2.45) is 7.05 Å². The Morgan fingerprint density at radius 1 is 1.15 bits per heavy atom. The first kappa shape index (κ1) is 21.5. The summed E-state index contributed by atoms with van der Waals surface area (Å²) in [6.07, 6.45) is 3.53. The van der Waals surface area contributed by atoms with E-state index in [1.54, 1.807) is 23.9 Å². The van der Waals surface area contributed by atoms with Gasteiger partial charge in [0.25, 0.3) is 0 Å². The van der Waals surface area contributed by atoms with Crippen LogP contribution in [0.15, 0.2) is 42.5 Å². The van der Waals surface area contributed by atoms with E-state index < -0.39 is 0 Å². The number of carbonyl (C=O) groups excluding carboxylic acids is 1. The molecule has 3 heterocycles. The summed E-state index contributed by atoms with van der Waals surface area (Å²) < 4.78 is 15.0. The van der Waals surface area contributed by atoms with Gasteiger partial charge in [-0.05, 0) is 54.8 Å². The molecule has 0 fully saturated rings. The zero-order valence-corrected chi connectivity index (χ0v) is 19.4. The van der Waals surface area contributed by atoms with Gasteiger partial charge >= 0.3 is 5.97 Å². The summed E-state index contributed by atoms with van der Waals surface area (Å²) in [6.45, 7) is 1.24. The van der Waals surface area contributed by atoms with Crippen LogP contribution in [-0.2, 0) is 42.6 Å². The maximum atomic E-state index is 12.5. The number of ether oxygens (including phenoxy) is 2. The van der Waals surface area contributed by atoms with Gasteiger partial charge in [-0.3, -0.25) is 9.48 Å². The van der Waals surface area contributed by atoms with Crippen molar-refractivity contribution in [1.29, 1.82) is 0 Å². The number of aromatic nitrogens is 4. The van der Waals surface area contributed by atoms with Crippen LogP contribution in [0.25, 0.3) is 22.3 Å². The fourth-order valence-electron chi connectivity index (χ4n) is 4.35. The molecule has 0 amide bonds. The van der Waals surface area contributed by atoms with Gasteiger partial charge in [0.1, 0.15) is 18.2 Å². The van der Waals surface area contributed by atoms with E-state index in [9.17, 15) is 4.79 Å². The Balaban J connectivity index is 1.26. The van der Waals surface area contributed by atoms with Crippen LogP contribution in [0.2, 0.25) is 5.02 Å².